The van der Waals surface area contributed by atoms with Gasteiger partial charge in [0, 0.05) is 59.3 Å². The molecule has 2 amide bonds. The lowest BCUT2D eigenvalue weighted by atomic mass is 10.2. The number of piperazine rings is 2. The summed E-state index contributed by atoms with van der Waals surface area (Å²) in [6, 6.07) is 3.74. The molecule has 0 unspecified atom stereocenters. The average Bonchev–Trinajstić information content (AvgIpc) is 3.41. The fourth-order valence-corrected chi connectivity index (χ4v) is 4.41. The van der Waals surface area contributed by atoms with E-state index in [1.165, 1.54) is 11.3 Å². The first-order chi connectivity index (χ1) is 14.1. The number of nitrogens with zero attached hydrogens (tertiary/aromatic N) is 6. The number of hydrogen-bond donors (Lipinski definition) is 0. The van der Waals surface area contributed by atoms with Gasteiger partial charge in [0.1, 0.15) is 0 Å². The van der Waals surface area contributed by atoms with Crippen molar-refractivity contribution in [1.29, 1.82) is 0 Å². The molecule has 0 spiro atoms. The maximum Gasteiger partial charge on any atom is 0.264 e. The van der Waals surface area contributed by atoms with Crippen LogP contribution in [0, 0.1) is 6.92 Å². The zero-order chi connectivity index (χ0) is 20.2. The standard InChI is InChI=1S/C19H26N6O3S/c1-15-20-17(21-28-15)13-22-4-6-23(7-5-22)14-18(26)24-8-10-25(11-9-24)19(27)16-3-2-12-29-16/h2-3,12H,4-11,13-14H2,1H3. The second-order valence-electron chi connectivity index (χ2n) is 7.43. The molecule has 0 N–H and O–H groups in total. The highest BCUT2D eigenvalue weighted by atomic mass is 32.1. The van der Waals surface area contributed by atoms with Crippen LogP contribution in [0.4, 0.5) is 0 Å². The zero-order valence-corrected chi connectivity index (χ0v) is 17.4. The van der Waals surface area contributed by atoms with E-state index in [4.69, 9.17) is 4.52 Å². The maximum atomic E-state index is 12.7. The van der Waals surface area contributed by atoms with Crippen LogP contribution in [0.3, 0.4) is 0 Å². The fraction of sp³-hybridized carbons (Fsp3) is 0.579. The molecule has 4 heterocycles. The number of thiophene rings is 1. The molecule has 0 bridgehead atoms. The second-order valence-corrected chi connectivity index (χ2v) is 8.38. The van der Waals surface area contributed by atoms with E-state index in [0.29, 0.717) is 51.0 Å². The van der Waals surface area contributed by atoms with E-state index in [0.717, 1.165) is 31.1 Å². The van der Waals surface area contributed by atoms with Crippen LogP contribution < -0.4 is 0 Å². The van der Waals surface area contributed by atoms with Gasteiger partial charge in [-0.1, -0.05) is 11.2 Å². The van der Waals surface area contributed by atoms with Gasteiger partial charge in [0.25, 0.3) is 5.91 Å². The predicted molar refractivity (Wildman–Crippen MR) is 108 cm³/mol. The van der Waals surface area contributed by atoms with Gasteiger partial charge in [0.2, 0.25) is 11.8 Å². The Kier molecular flexibility index (Phi) is 6.22. The van der Waals surface area contributed by atoms with Crippen molar-refractivity contribution in [2.45, 2.75) is 13.5 Å². The van der Waals surface area contributed by atoms with Crippen molar-refractivity contribution in [3.8, 4) is 0 Å². The van der Waals surface area contributed by atoms with E-state index < -0.39 is 0 Å². The Morgan fingerprint density at radius 3 is 2.34 bits per heavy atom. The van der Waals surface area contributed by atoms with E-state index in [1.807, 2.05) is 27.3 Å². The van der Waals surface area contributed by atoms with Crippen LogP contribution in [0.2, 0.25) is 0 Å². The van der Waals surface area contributed by atoms with Crippen LogP contribution in [-0.2, 0) is 11.3 Å². The van der Waals surface area contributed by atoms with Crippen molar-refractivity contribution in [1.82, 2.24) is 29.7 Å². The van der Waals surface area contributed by atoms with Crippen LogP contribution in [0.5, 0.6) is 0 Å². The van der Waals surface area contributed by atoms with Crippen LogP contribution in [0.15, 0.2) is 22.0 Å². The minimum absolute atomic E-state index is 0.0695. The van der Waals surface area contributed by atoms with Gasteiger partial charge in [0.05, 0.1) is 18.0 Å². The molecule has 2 saturated heterocycles. The minimum atomic E-state index is 0.0695. The van der Waals surface area contributed by atoms with Crippen LogP contribution in [-0.4, -0.2) is 100 Å². The number of carbonyl (C=O) groups excluding carboxylic acids is 2. The van der Waals surface area contributed by atoms with E-state index in [2.05, 4.69) is 19.9 Å². The van der Waals surface area contributed by atoms with Gasteiger partial charge >= 0.3 is 0 Å². The molecule has 29 heavy (non-hydrogen) atoms. The number of amides is 2. The summed E-state index contributed by atoms with van der Waals surface area (Å²) in [7, 11) is 0. The van der Waals surface area contributed by atoms with E-state index in [-0.39, 0.29) is 11.8 Å². The van der Waals surface area contributed by atoms with Crippen molar-refractivity contribution >= 4 is 23.2 Å². The molecule has 2 aromatic rings. The normalized spacial score (nSPS) is 18.9. The molecule has 0 radical (unpaired) electrons. The molecule has 0 saturated carbocycles. The Labute approximate surface area is 173 Å². The first-order valence-corrected chi connectivity index (χ1v) is 10.8. The van der Waals surface area contributed by atoms with E-state index >= 15 is 0 Å². The summed E-state index contributed by atoms with van der Waals surface area (Å²) in [4.78, 5) is 38.3. The Morgan fingerprint density at radius 1 is 1.03 bits per heavy atom. The summed E-state index contributed by atoms with van der Waals surface area (Å²) < 4.78 is 5.02. The molecule has 156 valence electrons. The molecule has 2 aromatic heterocycles. The molecule has 9 nitrogen and oxygen atoms in total. The molecule has 0 aromatic carbocycles. The van der Waals surface area contributed by atoms with Gasteiger partial charge in [-0.3, -0.25) is 19.4 Å². The Balaban J connectivity index is 1.18. The Hall–Kier alpha value is -2.30. The molecule has 0 atom stereocenters. The lowest BCUT2D eigenvalue weighted by Gasteiger charge is -2.37. The number of hydrogen-bond acceptors (Lipinski definition) is 8. The molecule has 4 rings (SSSR count). The van der Waals surface area contributed by atoms with Crippen molar-refractivity contribution in [3.63, 3.8) is 0 Å². The average molecular weight is 419 g/mol. The molecule has 2 fully saturated rings. The number of rotatable bonds is 5. The highest BCUT2D eigenvalue weighted by molar-refractivity contribution is 7.12. The van der Waals surface area contributed by atoms with Gasteiger partial charge in [-0.25, -0.2) is 0 Å². The Bertz CT molecular complexity index is 823. The van der Waals surface area contributed by atoms with Gasteiger partial charge in [-0.05, 0) is 11.4 Å². The third-order valence-electron chi connectivity index (χ3n) is 5.41. The van der Waals surface area contributed by atoms with E-state index in [1.54, 1.807) is 6.92 Å². The van der Waals surface area contributed by atoms with Crippen molar-refractivity contribution in [3.05, 3.63) is 34.1 Å². The summed E-state index contributed by atoms with van der Waals surface area (Å²) in [5.41, 5.74) is 0. The monoisotopic (exact) mass is 418 g/mol. The number of aryl methyl sites for hydroxylation is 1. The Morgan fingerprint density at radius 2 is 1.72 bits per heavy atom. The number of carbonyl (C=O) groups is 2. The highest BCUT2D eigenvalue weighted by Gasteiger charge is 2.27. The molecule has 2 aliphatic rings. The lowest BCUT2D eigenvalue weighted by molar-refractivity contribution is -0.134. The van der Waals surface area contributed by atoms with Crippen LogP contribution >= 0.6 is 11.3 Å². The SMILES string of the molecule is Cc1nc(CN2CCN(CC(=O)N3CCN(C(=O)c4cccs4)CC3)CC2)no1. The van der Waals surface area contributed by atoms with Crippen molar-refractivity contribution < 1.29 is 14.1 Å². The highest BCUT2D eigenvalue weighted by Crippen LogP contribution is 2.14. The van der Waals surface area contributed by atoms with Gasteiger partial charge in [0.15, 0.2) is 5.82 Å². The smallest absolute Gasteiger partial charge is 0.264 e. The van der Waals surface area contributed by atoms with Gasteiger partial charge in [-0.2, -0.15) is 4.98 Å². The molecule has 2 aliphatic heterocycles. The molecular formula is C19H26N6O3S. The number of aromatic nitrogens is 2. The third-order valence-corrected chi connectivity index (χ3v) is 6.27. The first kappa shape index (κ1) is 20.0. The largest absolute Gasteiger partial charge is 0.340 e. The molecule has 10 heteroatoms. The third kappa shape index (κ3) is 5.01. The molecule has 0 aliphatic carbocycles. The zero-order valence-electron chi connectivity index (χ0n) is 16.6. The second kappa shape index (κ2) is 9.02. The topological polar surface area (TPSA) is 86.0 Å². The fourth-order valence-electron chi connectivity index (χ4n) is 3.72. The lowest BCUT2D eigenvalue weighted by Crippen LogP contribution is -2.54. The van der Waals surface area contributed by atoms with Crippen molar-refractivity contribution in [2.24, 2.45) is 0 Å². The van der Waals surface area contributed by atoms with Crippen LogP contribution in [0.25, 0.3) is 0 Å². The maximum absolute atomic E-state index is 12.7. The van der Waals surface area contributed by atoms with E-state index in [9.17, 15) is 9.59 Å². The van der Waals surface area contributed by atoms with Gasteiger partial charge < -0.3 is 14.3 Å². The molecular weight excluding hydrogens is 392 g/mol. The quantitative estimate of drug-likeness (QED) is 0.701. The summed E-state index contributed by atoms with van der Waals surface area (Å²) in [6.07, 6.45) is 0. The van der Waals surface area contributed by atoms with Crippen molar-refractivity contribution in [2.75, 3.05) is 58.9 Å². The van der Waals surface area contributed by atoms with Crippen LogP contribution in [0.1, 0.15) is 21.4 Å². The summed E-state index contributed by atoms with van der Waals surface area (Å²) >= 11 is 1.46. The van der Waals surface area contributed by atoms with Gasteiger partial charge in [-0.15, -0.1) is 11.3 Å². The first-order valence-electron chi connectivity index (χ1n) is 9.93. The summed E-state index contributed by atoms with van der Waals surface area (Å²) in [5.74, 6) is 1.51. The summed E-state index contributed by atoms with van der Waals surface area (Å²) in [5, 5.41) is 5.86. The summed E-state index contributed by atoms with van der Waals surface area (Å²) in [6.45, 7) is 8.76. The minimum Gasteiger partial charge on any atom is -0.340 e. The predicted octanol–water partition coefficient (Wildman–Crippen LogP) is 0.542.